The molecule has 2 atom stereocenters. The van der Waals surface area contributed by atoms with Gasteiger partial charge in [-0.05, 0) is 25.3 Å². The van der Waals surface area contributed by atoms with E-state index in [1.807, 2.05) is 0 Å². The molecule has 0 heterocycles. The summed E-state index contributed by atoms with van der Waals surface area (Å²) in [5, 5.41) is 0. The zero-order valence-electron chi connectivity index (χ0n) is 6.72. The van der Waals surface area contributed by atoms with Gasteiger partial charge in [0.1, 0.15) is 7.28 Å². The minimum Gasteiger partial charge on any atom is -0.330 e. The lowest BCUT2D eigenvalue weighted by molar-refractivity contribution is 0.488. The van der Waals surface area contributed by atoms with Crippen molar-refractivity contribution >= 4 is 7.28 Å². The monoisotopic (exact) mass is 137 g/mol. The third kappa shape index (κ3) is 1.63. The first kappa shape index (κ1) is 7.87. The molecule has 0 aliphatic heterocycles. The molecule has 0 aromatic heterocycles. The first-order valence-electron chi connectivity index (χ1n) is 4.23. The Labute approximate surface area is 63.9 Å². The first-order valence-corrected chi connectivity index (χ1v) is 4.23. The fraction of sp³-hybridized carbons (Fsp3) is 0.750. The van der Waals surface area contributed by atoms with Crippen molar-refractivity contribution in [2.75, 3.05) is 6.54 Å². The van der Waals surface area contributed by atoms with Crippen LogP contribution < -0.4 is 5.73 Å². The van der Waals surface area contributed by atoms with E-state index in [4.69, 9.17) is 5.73 Å². The highest BCUT2D eigenvalue weighted by molar-refractivity contribution is 6.35. The molecule has 2 unspecified atom stereocenters. The molecule has 0 aromatic rings. The lowest BCUT2D eigenvalue weighted by atomic mass is 9.58. The summed E-state index contributed by atoms with van der Waals surface area (Å²) in [5.41, 5.74) is 5.64. The molecule has 0 saturated carbocycles. The Kier molecular flexibility index (Phi) is 3.00. The van der Waals surface area contributed by atoms with Crippen molar-refractivity contribution in [2.45, 2.75) is 25.5 Å². The highest BCUT2D eigenvalue weighted by Gasteiger charge is 2.19. The lowest BCUT2D eigenvalue weighted by Gasteiger charge is -2.25. The van der Waals surface area contributed by atoms with Crippen molar-refractivity contribution in [3.05, 3.63) is 12.2 Å². The minimum absolute atomic E-state index is 0.759. The Balaban J connectivity index is 2.45. The van der Waals surface area contributed by atoms with Crippen LogP contribution in [0.25, 0.3) is 0 Å². The molecule has 2 N–H and O–H groups in total. The van der Waals surface area contributed by atoms with Crippen LogP contribution in [0.5, 0.6) is 0 Å². The fourth-order valence-corrected chi connectivity index (χ4v) is 1.72. The normalized spacial score (nSPS) is 32.2. The Morgan fingerprint density at radius 3 is 2.70 bits per heavy atom. The van der Waals surface area contributed by atoms with Gasteiger partial charge in [-0.15, -0.1) is 0 Å². The molecular formula is C8H16BN. The van der Waals surface area contributed by atoms with Crippen molar-refractivity contribution in [1.29, 1.82) is 0 Å². The average Bonchev–Trinajstić information content (AvgIpc) is 2.04. The summed E-state index contributed by atoms with van der Waals surface area (Å²) in [7, 11) is 1.28. The van der Waals surface area contributed by atoms with Gasteiger partial charge in [0.25, 0.3) is 0 Å². The van der Waals surface area contributed by atoms with Crippen LogP contribution in [-0.2, 0) is 0 Å². The summed E-state index contributed by atoms with van der Waals surface area (Å²) >= 11 is 0. The van der Waals surface area contributed by atoms with Gasteiger partial charge in [-0.25, -0.2) is 0 Å². The van der Waals surface area contributed by atoms with Gasteiger partial charge in [0.05, 0.1) is 0 Å². The van der Waals surface area contributed by atoms with E-state index >= 15 is 0 Å². The summed E-state index contributed by atoms with van der Waals surface area (Å²) in [6.07, 6.45) is 7.01. The average molecular weight is 137 g/mol. The maximum Gasteiger partial charge on any atom is 0.121 e. The predicted octanol–water partition coefficient (Wildman–Crippen LogP) is 1.18. The van der Waals surface area contributed by atoms with Crippen LogP contribution in [0.15, 0.2) is 12.2 Å². The summed E-state index contributed by atoms with van der Waals surface area (Å²) in [4.78, 5) is 0. The van der Waals surface area contributed by atoms with Gasteiger partial charge in [0, 0.05) is 0 Å². The Morgan fingerprint density at radius 2 is 2.20 bits per heavy atom. The SMILES string of the molecule is CBC1CC=CCC1CN. The zero-order valence-corrected chi connectivity index (χ0v) is 6.72. The lowest BCUT2D eigenvalue weighted by Crippen LogP contribution is -2.23. The van der Waals surface area contributed by atoms with Crippen LogP contribution in [-0.4, -0.2) is 13.8 Å². The second-order valence-corrected chi connectivity index (χ2v) is 3.11. The fourth-order valence-electron chi connectivity index (χ4n) is 1.72. The highest BCUT2D eigenvalue weighted by Crippen LogP contribution is 2.28. The van der Waals surface area contributed by atoms with Gasteiger partial charge in [-0.3, -0.25) is 0 Å². The molecule has 0 aromatic carbocycles. The van der Waals surface area contributed by atoms with E-state index in [-0.39, 0.29) is 0 Å². The van der Waals surface area contributed by atoms with Crippen molar-refractivity contribution in [3.8, 4) is 0 Å². The standard InChI is InChI=1S/C8H16BN/c1-9-8-5-3-2-4-7(8)6-10/h2-3,7-9H,4-6,10H2,1H3. The molecule has 1 aliphatic rings. The predicted molar refractivity (Wildman–Crippen MR) is 47.7 cm³/mol. The van der Waals surface area contributed by atoms with Crippen LogP contribution in [0.3, 0.4) is 0 Å². The van der Waals surface area contributed by atoms with Crippen molar-refractivity contribution < 1.29 is 0 Å². The molecule has 0 radical (unpaired) electrons. The van der Waals surface area contributed by atoms with Gasteiger partial charge < -0.3 is 5.73 Å². The van der Waals surface area contributed by atoms with Crippen molar-refractivity contribution in [2.24, 2.45) is 11.7 Å². The van der Waals surface area contributed by atoms with E-state index in [9.17, 15) is 0 Å². The molecule has 0 fully saturated rings. The minimum atomic E-state index is 0.759. The topological polar surface area (TPSA) is 26.0 Å². The van der Waals surface area contributed by atoms with Gasteiger partial charge in [-0.2, -0.15) is 0 Å². The van der Waals surface area contributed by atoms with E-state index in [1.165, 1.54) is 20.1 Å². The van der Waals surface area contributed by atoms with E-state index in [0.717, 1.165) is 18.3 Å². The van der Waals surface area contributed by atoms with Crippen LogP contribution in [0.1, 0.15) is 12.8 Å². The number of nitrogens with two attached hydrogens (primary N) is 1. The summed E-state index contributed by atoms with van der Waals surface area (Å²) in [6.45, 7) is 3.12. The molecule has 0 amide bonds. The molecule has 1 rings (SSSR count). The van der Waals surface area contributed by atoms with Crippen LogP contribution in [0.4, 0.5) is 0 Å². The Morgan fingerprint density at radius 1 is 1.50 bits per heavy atom. The summed E-state index contributed by atoms with van der Waals surface area (Å²) in [6, 6.07) is 0. The van der Waals surface area contributed by atoms with Gasteiger partial charge in [0.2, 0.25) is 0 Å². The maximum atomic E-state index is 5.64. The van der Waals surface area contributed by atoms with E-state index in [1.54, 1.807) is 0 Å². The van der Waals surface area contributed by atoms with E-state index < -0.39 is 0 Å². The molecule has 0 spiro atoms. The second kappa shape index (κ2) is 3.82. The van der Waals surface area contributed by atoms with Gasteiger partial charge >= 0.3 is 0 Å². The number of hydrogen-bond donors (Lipinski definition) is 1. The number of allylic oxidation sites excluding steroid dienone is 2. The van der Waals surface area contributed by atoms with Gasteiger partial charge in [0.15, 0.2) is 0 Å². The van der Waals surface area contributed by atoms with Crippen LogP contribution >= 0.6 is 0 Å². The van der Waals surface area contributed by atoms with E-state index in [0.29, 0.717) is 0 Å². The summed E-state index contributed by atoms with van der Waals surface area (Å²) < 4.78 is 0. The zero-order chi connectivity index (χ0) is 7.40. The molecule has 56 valence electrons. The van der Waals surface area contributed by atoms with Gasteiger partial charge in [-0.1, -0.05) is 24.8 Å². The third-order valence-corrected chi connectivity index (χ3v) is 2.54. The summed E-state index contributed by atoms with van der Waals surface area (Å²) in [5.74, 6) is 1.62. The number of hydrogen-bond acceptors (Lipinski definition) is 1. The van der Waals surface area contributed by atoms with E-state index in [2.05, 4.69) is 19.0 Å². The first-order chi connectivity index (χ1) is 4.88. The molecule has 0 saturated heterocycles. The molecule has 1 aliphatic carbocycles. The number of rotatable bonds is 2. The molecule has 10 heavy (non-hydrogen) atoms. The highest BCUT2D eigenvalue weighted by atomic mass is 14.5. The smallest absolute Gasteiger partial charge is 0.121 e. The van der Waals surface area contributed by atoms with Crippen LogP contribution in [0, 0.1) is 5.92 Å². The second-order valence-electron chi connectivity index (χ2n) is 3.11. The molecule has 2 heteroatoms. The molecular weight excluding hydrogens is 121 g/mol. The van der Waals surface area contributed by atoms with Crippen molar-refractivity contribution in [3.63, 3.8) is 0 Å². The molecule has 0 bridgehead atoms. The Bertz CT molecular complexity index is 108. The maximum absolute atomic E-state index is 5.64. The van der Waals surface area contributed by atoms with Crippen molar-refractivity contribution in [1.82, 2.24) is 0 Å². The quantitative estimate of drug-likeness (QED) is 0.448. The largest absolute Gasteiger partial charge is 0.330 e. The third-order valence-electron chi connectivity index (χ3n) is 2.54. The van der Waals surface area contributed by atoms with Crippen LogP contribution in [0.2, 0.25) is 12.6 Å². The Hall–Kier alpha value is -0.235. The molecule has 1 nitrogen and oxygen atoms in total.